The van der Waals surface area contributed by atoms with Crippen molar-refractivity contribution in [1.82, 2.24) is 10.2 Å². The molecule has 1 aromatic rings. The number of benzene rings is 1. The number of carbonyl (C=O) groups excluding carboxylic acids is 3. The van der Waals surface area contributed by atoms with Crippen molar-refractivity contribution in [3.63, 3.8) is 0 Å². The van der Waals surface area contributed by atoms with Gasteiger partial charge < -0.3 is 15.5 Å². The fourth-order valence-electron chi connectivity index (χ4n) is 6.11. The molecule has 1 aromatic carbocycles. The van der Waals surface area contributed by atoms with E-state index in [1.54, 1.807) is 0 Å². The molecule has 33 heavy (non-hydrogen) atoms. The average molecular weight is 454 g/mol. The number of hydrogen-bond acceptors (Lipinski definition) is 3. The Hall–Kier alpha value is -2.37. The zero-order valence-electron chi connectivity index (χ0n) is 20.1. The van der Waals surface area contributed by atoms with Crippen molar-refractivity contribution >= 4 is 23.4 Å². The molecule has 2 aliphatic carbocycles. The van der Waals surface area contributed by atoms with Gasteiger partial charge in [0.2, 0.25) is 17.7 Å². The zero-order valence-corrected chi connectivity index (χ0v) is 20.1. The van der Waals surface area contributed by atoms with Crippen LogP contribution in [0.4, 0.5) is 5.69 Å². The number of carbonyl (C=O) groups is 3. The summed E-state index contributed by atoms with van der Waals surface area (Å²) in [6.45, 7) is 4.61. The zero-order chi connectivity index (χ0) is 23.4. The van der Waals surface area contributed by atoms with Crippen molar-refractivity contribution in [1.29, 1.82) is 0 Å². The van der Waals surface area contributed by atoms with Crippen LogP contribution in [-0.2, 0) is 14.4 Å². The Kier molecular flexibility index (Phi) is 7.71. The fraction of sp³-hybridized carbons (Fsp3) is 0.667. The molecule has 0 spiro atoms. The Morgan fingerprint density at radius 3 is 2.42 bits per heavy atom. The van der Waals surface area contributed by atoms with E-state index in [4.69, 9.17) is 0 Å². The first kappa shape index (κ1) is 23.8. The number of nitrogens with one attached hydrogen (secondary N) is 2. The summed E-state index contributed by atoms with van der Waals surface area (Å²) in [5.74, 6) is 0.276. The first-order valence-corrected chi connectivity index (χ1v) is 13.0. The van der Waals surface area contributed by atoms with Gasteiger partial charge in [0.1, 0.15) is 6.04 Å². The van der Waals surface area contributed by atoms with Gasteiger partial charge in [0.25, 0.3) is 0 Å². The lowest BCUT2D eigenvalue weighted by molar-refractivity contribution is -0.141. The summed E-state index contributed by atoms with van der Waals surface area (Å²) >= 11 is 0. The highest BCUT2D eigenvalue weighted by Gasteiger charge is 2.50. The van der Waals surface area contributed by atoms with Crippen LogP contribution in [0.15, 0.2) is 30.3 Å². The molecule has 4 rings (SSSR count). The smallest absolute Gasteiger partial charge is 0.245 e. The summed E-state index contributed by atoms with van der Waals surface area (Å²) in [6, 6.07) is 9.01. The van der Waals surface area contributed by atoms with E-state index >= 15 is 0 Å². The Balaban J connectivity index is 1.51. The lowest BCUT2D eigenvalue weighted by atomic mass is 9.82. The topological polar surface area (TPSA) is 78.5 Å². The molecular formula is C27H39N3O3. The van der Waals surface area contributed by atoms with Gasteiger partial charge in [-0.1, -0.05) is 51.3 Å². The SMILES string of the molecule is CC[C@@H](C)C(=O)N[C@H](C(=O)N1CC[C@H]2CC[C@@H](C(=O)Nc3ccccc3)[C@H]21)C1CCCCC1. The van der Waals surface area contributed by atoms with Crippen molar-refractivity contribution in [2.24, 2.45) is 23.7 Å². The average Bonchev–Trinajstić information content (AvgIpc) is 3.45. The Bertz CT molecular complexity index is 836. The van der Waals surface area contributed by atoms with Crippen LogP contribution >= 0.6 is 0 Å². The molecule has 0 unspecified atom stereocenters. The molecule has 5 atom stereocenters. The lowest BCUT2D eigenvalue weighted by Crippen LogP contribution is -2.56. The summed E-state index contributed by atoms with van der Waals surface area (Å²) in [6.07, 6.45) is 8.89. The fourth-order valence-corrected chi connectivity index (χ4v) is 6.11. The van der Waals surface area contributed by atoms with Gasteiger partial charge in [0.15, 0.2) is 0 Å². The maximum Gasteiger partial charge on any atom is 0.245 e. The van der Waals surface area contributed by atoms with Crippen molar-refractivity contribution < 1.29 is 14.4 Å². The number of rotatable bonds is 7. The third-order valence-electron chi connectivity index (χ3n) is 8.25. The maximum absolute atomic E-state index is 13.9. The molecule has 1 heterocycles. The van der Waals surface area contributed by atoms with Gasteiger partial charge in [-0.05, 0) is 62.5 Å². The molecule has 1 saturated heterocycles. The highest BCUT2D eigenvalue weighted by Crippen LogP contribution is 2.43. The second-order valence-electron chi connectivity index (χ2n) is 10.3. The van der Waals surface area contributed by atoms with E-state index in [0.29, 0.717) is 12.5 Å². The predicted octanol–water partition coefficient (Wildman–Crippen LogP) is 4.36. The maximum atomic E-state index is 13.9. The molecule has 0 aromatic heterocycles. The summed E-state index contributed by atoms with van der Waals surface area (Å²) in [7, 11) is 0. The first-order chi connectivity index (χ1) is 16.0. The van der Waals surface area contributed by atoms with Gasteiger partial charge in [-0.3, -0.25) is 14.4 Å². The van der Waals surface area contributed by atoms with Crippen LogP contribution in [-0.4, -0.2) is 41.2 Å². The van der Waals surface area contributed by atoms with Crippen LogP contribution in [0.1, 0.15) is 71.6 Å². The van der Waals surface area contributed by atoms with Crippen LogP contribution in [0.2, 0.25) is 0 Å². The normalized spacial score (nSPS) is 27.0. The molecular weight excluding hydrogens is 414 g/mol. The van der Waals surface area contributed by atoms with Crippen molar-refractivity contribution in [2.45, 2.75) is 83.7 Å². The Morgan fingerprint density at radius 1 is 1.00 bits per heavy atom. The van der Waals surface area contributed by atoms with Crippen molar-refractivity contribution in [3.05, 3.63) is 30.3 Å². The first-order valence-electron chi connectivity index (χ1n) is 13.0. The minimum Gasteiger partial charge on any atom is -0.344 e. The van der Waals surface area contributed by atoms with E-state index < -0.39 is 6.04 Å². The van der Waals surface area contributed by atoms with E-state index in [1.165, 1.54) is 6.42 Å². The van der Waals surface area contributed by atoms with Crippen LogP contribution in [0, 0.1) is 23.7 Å². The molecule has 6 heteroatoms. The van der Waals surface area contributed by atoms with E-state index in [-0.39, 0.29) is 41.5 Å². The van der Waals surface area contributed by atoms with Gasteiger partial charge in [-0.2, -0.15) is 0 Å². The third-order valence-corrected chi connectivity index (χ3v) is 8.25. The van der Waals surface area contributed by atoms with E-state index in [9.17, 15) is 14.4 Å². The monoisotopic (exact) mass is 453 g/mol. The Morgan fingerprint density at radius 2 is 1.73 bits per heavy atom. The highest BCUT2D eigenvalue weighted by atomic mass is 16.2. The number of anilines is 1. The second kappa shape index (κ2) is 10.7. The minimum atomic E-state index is -0.469. The number of para-hydroxylation sites is 1. The van der Waals surface area contributed by atoms with Crippen LogP contribution < -0.4 is 10.6 Å². The molecule has 6 nitrogen and oxygen atoms in total. The largest absolute Gasteiger partial charge is 0.344 e. The number of fused-ring (bicyclic) bond motifs is 1. The van der Waals surface area contributed by atoms with Crippen LogP contribution in [0.25, 0.3) is 0 Å². The predicted molar refractivity (Wildman–Crippen MR) is 129 cm³/mol. The van der Waals surface area contributed by atoms with Gasteiger partial charge in [-0.15, -0.1) is 0 Å². The highest BCUT2D eigenvalue weighted by molar-refractivity contribution is 5.94. The number of amides is 3. The van der Waals surface area contributed by atoms with E-state index in [0.717, 1.165) is 57.1 Å². The standard InChI is InChI=1S/C27H39N3O3/c1-3-18(2)25(31)29-23(19-10-6-4-7-11-19)27(33)30-17-16-20-14-15-22(24(20)30)26(32)28-21-12-8-5-9-13-21/h5,8-9,12-13,18-20,22-24H,3-4,6-7,10-11,14-17H2,1-2H3,(H,28,32)(H,29,31)/t18-,20-,22-,23+,24+/m1/s1. The third kappa shape index (κ3) is 5.25. The van der Waals surface area contributed by atoms with Gasteiger partial charge >= 0.3 is 0 Å². The molecule has 3 aliphatic rings. The molecule has 2 saturated carbocycles. The summed E-state index contributed by atoms with van der Waals surface area (Å²) in [5.41, 5.74) is 0.794. The van der Waals surface area contributed by atoms with E-state index in [2.05, 4.69) is 10.6 Å². The molecule has 0 bridgehead atoms. The van der Waals surface area contributed by atoms with Gasteiger partial charge in [0.05, 0.1) is 5.92 Å². The van der Waals surface area contributed by atoms with Crippen molar-refractivity contribution in [3.8, 4) is 0 Å². The number of hydrogen-bond donors (Lipinski definition) is 2. The molecule has 1 aliphatic heterocycles. The summed E-state index contributed by atoms with van der Waals surface area (Å²) in [5, 5.41) is 6.20. The van der Waals surface area contributed by atoms with Crippen LogP contribution in [0.3, 0.4) is 0 Å². The van der Waals surface area contributed by atoms with Gasteiger partial charge in [-0.25, -0.2) is 0 Å². The molecule has 3 amide bonds. The Labute approximate surface area is 197 Å². The molecule has 3 fully saturated rings. The summed E-state index contributed by atoms with van der Waals surface area (Å²) < 4.78 is 0. The quantitative estimate of drug-likeness (QED) is 0.644. The number of likely N-dealkylation sites (tertiary alicyclic amines) is 1. The molecule has 2 N–H and O–H groups in total. The van der Waals surface area contributed by atoms with E-state index in [1.807, 2.05) is 49.1 Å². The summed E-state index contributed by atoms with van der Waals surface area (Å²) in [4.78, 5) is 41.9. The lowest BCUT2D eigenvalue weighted by Gasteiger charge is -2.36. The minimum absolute atomic E-state index is 0.00579. The van der Waals surface area contributed by atoms with Crippen LogP contribution in [0.5, 0.6) is 0 Å². The molecule has 180 valence electrons. The number of nitrogens with zero attached hydrogens (tertiary/aromatic N) is 1. The van der Waals surface area contributed by atoms with Gasteiger partial charge in [0, 0.05) is 24.2 Å². The second-order valence-corrected chi connectivity index (χ2v) is 10.3. The molecule has 0 radical (unpaired) electrons. The van der Waals surface area contributed by atoms with Crippen molar-refractivity contribution in [2.75, 3.05) is 11.9 Å².